The molecule has 1 heterocycles. The molecule has 1 N–H and O–H groups in total. The Balaban J connectivity index is 1.57. The fourth-order valence-corrected chi connectivity index (χ4v) is 3.85. The van der Waals surface area contributed by atoms with E-state index < -0.39 is 24.4 Å². The minimum atomic E-state index is -0.624. The van der Waals surface area contributed by atoms with Crippen LogP contribution in [-0.4, -0.2) is 30.9 Å². The molecule has 8 heteroatoms. The van der Waals surface area contributed by atoms with Crippen molar-refractivity contribution in [3.8, 4) is 0 Å². The van der Waals surface area contributed by atoms with E-state index in [1.54, 1.807) is 23.1 Å². The molecular formula is C22H22BrClN2O4. The van der Waals surface area contributed by atoms with Gasteiger partial charge in [0.05, 0.1) is 5.92 Å². The molecule has 0 aliphatic carbocycles. The highest BCUT2D eigenvalue weighted by Crippen LogP contribution is 2.32. The average molecular weight is 494 g/mol. The summed E-state index contributed by atoms with van der Waals surface area (Å²) in [7, 11) is 0. The first kappa shape index (κ1) is 22.3. The molecule has 1 fully saturated rings. The average Bonchev–Trinajstić information content (AvgIpc) is 3.08. The van der Waals surface area contributed by atoms with Gasteiger partial charge in [0.15, 0.2) is 6.61 Å². The summed E-state index contributed by atoms with van der Waals surface area (Å²) < 4.78 is 6.15. The number of amides is 2. The van der Waals surface area contributed by atoms with Gasteiger partial charge in [-0.25, -0.2) is 0 Å². The zero-order chi connectivity index (χ0) is 22.0. The van der Waals surface area contributed by atoms with Gasteiger partial charge in [0, 0.05) is 33.8 Å². The Kier molecular flexibility index (Phi) is 6.83. The summed E-state index contributed by atoms with van der Waals surface area (Å²) >= 11 is 9.62. The van der Waals surface area contributed by atoms with Gasteiger partial charge < -0.3 is 15.0 Å². The highest BCUT2D eigenvalue weighted by molar-refractivity contribution is 9.10. The molecule has 0 bridgehead atoms. The number of hydrogen-bond acceptors (Lipinski definition) is 4. The third kappa shape index (κ3) is 4.84. The second-order valence-electron chi connectivity index (χ2n) is 7.37. The lowest BCUT2D eigenvalue weighted by molar-refractivity contribution is -0.151. The maximum atomic E-state index is 12.4. The molecule has 30 heavy (non-hydrogen) atoms. The van der Waals surface area contributed by atoms with Crippen molar-refractivity contribution in [2.75, 3.05) is 23.4 Å². The fourth-order valence-electron chi connectivity index (χ4n) is 3.46. The van der Waals surface area contributed by atoms with Crippen molar-refractivity contribution in [1.29, 1.82) is 0 Å². The molecule has 0 saturated carbocycles. The van der Waals surface area contributed by atoms with Gasteiger partial charge in [-0.1, -0.05) is 33.6 Å². The molecule has 0 aromatic heterocycles. The van der Waals surface area contributed by atoms with E-state index in [4.69, 9.17) is 16.3 Å². The molecule has 2 aromatic carbocycles. The first-order valence-electron chi connectivity index (χ1n) is 9.46. The maximum absolute atomic E-state index is 12.4. The van der Waals surface area contributed by atoms with Crippen LogP contribution in [-0.2, 0) is 19.1 Å². The van der Waals surface area contributed by atoms with Crippen LogP contribution in [0.25, 0.3) is 0 Å². The molecular weight excluding hydrogens is 472 g/mol. The van der Waals surface area contributed by atoms with Gasteiger partial charge in [-0.05, 0) is 61.7 Å². The summed E-state index contributed by atoms with van der Waals surface area (Å²) in [5.41, 5.74) is 4.07. The van der Waals surface area contributed by atoms with E-state index in [-0.39, 0.29) is 18.9 Å². The Labute approximate surface area is 188 Å². The Hall–Kier alpha value is -2.38. The molecule has 3 rings (SSSR count). The number of anilines is 2. The summed E-state index contributed by atoms with van der Waals surface area (Å²) in [6.07, 6.45) is 0.0392. The second-order valence-corrected chi connectivity index (χ2v) is 8.57. The van der Waals surface area contributed by atoms with Gasteiger partial charge in [-0.2, -0.15) is 0 Å². The third-order valence-corrected chi connectivity index (χ3v) is 6.71. The van der Waals surface area contributed by atoms with Crippen LogP contribution < -0.4 is 10.2 Å². The van der Waals surface area contributed by atoms with Gasteiger partial charge in [-0.3, -0.25) is 14.4 Å². The second kappa shape index (κ2) is 9.18. The summed E-state index contributed by atoms with van der Waals surface area (Å²) in [6, 6.07) is 8.97. The van der Waals surface area contributed by atoms with E-state index in [0.29, 0.717) is 16.4 Å². The van der Waals surface area contributed by atoms with Crippen molar-refractivity contribution in [1.82, 2.24) is 0 Å². The van der Waals surface area contributed by atoms with Crippen LogP contribution in [0, 0.1) is 26.7 Å². The highest BCUT2D eigenvalue weighted by atomic mass is 79.9. The van der Waals surface area contributed by atoms with Crippen molar-refractivity contribution in [3.05, 3.63) is 56.5 Å². The lowest BCUT2D eigenvalue weighted by atomic mass is 10.1. The van der Waals surface area contributed by atoms with Crippen LogP contribution in [0.15, 0.2) is 34.8 Å². The van der Waals surface area contributed by atoms with Crippen molar-refractivity contribution in [2.24, 2.45) is 5.92 Å². The molecule has 158 valence electrons. The number of carbonyl (C=O) groups is 3. The zero-order valence-corrected chi connectivity index (χ0v) is 19.3. The van der Waals surface area contributed by atoms with Crippen LogP contribution in [0.1, 0.15) is 23.1 Å². The molecule has 0 unspecified atom stereocenters. The SMILES string of the molecule is Cc1cc(NC(=O)COC(=O)[C@@H]2CC(=O)N(c3cccc(Cl)c3C)C2)cc(C)c1Br. The predicted octanol–water partition coefficient (Wildman–Crippen LogP) is 4.56. The van der Waals surface area contributed by atoms with Crippen molar-refractivity contribution >= 4 is 56.7 Å². The van der Waals surface area contributed by atoms with Gasteiger partial charge in [0.25, 0.3) is 5.91 Å². The molecule has 0 radical (unpaired) electrons. The third-order valence-electron chi connectivity index (χ3n) is 5.05. The van der Waals surface area contributed by atoms with Gasteiger partial charge in [0.1, 0.15) is 0 Å². The molecule has 1 saturated heterocycles. The number of hydrogen-bond donors (Lipinski definition) is 1. The van der Waals surface area contributed by atoms with Gasteiger partial charge >= 0.3 is 5.97 Å². The smallest absolute Gasteiger partial charge is 0.311 e. The molecule has 2 amide bonds. The van der Waals surface area contributed by atoms with E-state index in [0.717, 1.165) is 21.2 Å². The molecule has 1 atom stereocenters. The Bertz CT molecular complexity index is 1000. The standard InChI is InChI=1S/C22H22BrClN2O4/c1-12-7-16(8-13(2)21(12)23)25-19(27)11-30-22(29)15-9-20(28)26(10-15)18-6-4-5-17(24)14(18)3/h4-8,15H,9-11H2,1-3H3,(H,25,27)/t15-/m1/s1. The number of aryl methyl sites for hydroxylation is 2. The Morgan fingerprint density at radius 3 is 2.57 bits per heavy atom. The summed E-state index contributed by atoms with van der Waals surface area (Å²) in [5.74, 6) is -1.80. The van der Waals surface area contributed by atoms with Crippen molar-refractivity contribution < 1.29 is 19.1 Å². The largest absolute Gasteiger partial charge is 0.455 e. The number of benzene rings is 2. The molecule has 0 spiro atoms. The van der Waals surface area contributed by atoms with Crippen LogP contribution >= 0.6 is 27.5 Å². The van der Waals surface area contributed by atoms with Crippen LogP contribution in [0.3, 0.4) is 0 Å². The molecule has 1 aliphatic rings. The summed E-state index contributed by atoms with van der Waals surface area (Å²) in [5, 5.41) is 3.28. The fraction of sp³-hybridized carbons (Fsp3) is 0.318. The molecule has 6 nitrogen and oxygen atoms in total. The van der Waals surface area contributed by atoms with Crippen LogP contribution in [0.4, 0.5) is 11.4 Å². The van der Waals surface area contributed by atoms with Crippen molar-refractivity contribution in [2.45, 2.75) is 27.2 Å². The van der Waals surface area contributed by atoms with Gasteiger partial charge in [-0.15, -0.1) is 0 Å². The van der Waals surface area contributed by atoms with E-state index in [9.17, 15) is 14.4 Å². The molecule has 2 aromatic rings. The number of carbonyl (C=O) groups excluding carboxylic acids is 3. The van der Waals surface area contributed by atoms with Gasteiger partial charge in [0.2, 0.25) is 5.91 Å². The topological polar surface area (TPSA) is 75.7 Å². The lowest BCUT2D eigenvalue weighted by Crippen LogP contribution is -2.28. The number of halogens is 2. The van der Waals surface area contributed by atoms with E-state index in [2.05, 4.69) is 21.2 Å². The minimum Gasteiger partial charge on any atom is -0.455 e. The lowest BCUT2D eigenvalue weighted by Gasteiger charge is -2.19. The molecule has 1 aliphatic heterocycles. The summed E-state index contributed by atoms with van der Waals surface area (Å²) in [6.45, 7) is 5.47. The Morgan fingerprint density at radius 1 is 1.23 bits per heavy atom. The van der Waals surface area contributed by atoms with E-state index in [1.807, 2.05) is 32.9 Å². The first-order chi connectivity index (χ1) is 14.2. The number of ether oxygens (including phenoxy) is 1. The zero-order valence-electron chi connectivity index (χ0n) is 16.9. The summed E-state index contributed by atoms with van der Waals surface area (Å²) in [4.78, 5) is 38.6. The van der Waals surface area contributed by atoms with Crippen molar-refractivity contribution in [3.63, 3.8) is 0 Å². The number of nitrogens with zero attached hydrogens (tertiary/aromatic N) is 1. The van der Waals surface area contributed by atoms with E-state index >= 15 is 0 Å². The Morgan fingerprint density at radius 2 is 1.90 bits per heavy atom. The first-order valence-corrected chi connectivity index (χ1v) is 10.6. The minimum absolute atomic E-state index is 0.0392. The monoisotopic (exact) mass is 492 g/mol. The predicted molar refractivity (Wildman–Crippen MR) is 120 cm³/mol. The van der Waals surface area contributed by atoms with E-state index in [1.165, 1.54) is 0 Å². The number of nitrogens with one attached hydrogen (secondary N) is 1. The quantitative estimate of drug-likeness (QED) is 0.620. The maximum Gasteiger partial charge on any atom is 0.311 e. The number of rotatable bonds is 5. The number of esters is 1. The highest BCUT2D eigenvalue weighted by Gasteiger charge is 2.37. The van der Waals surface area contributed by atoms with Crippen LogP contribution in [0.2, 0.25) is 5.02 Å². The normalized spacial score (nSPS) is 16.0. The van der Waals surface area contributed by atoms with Crippen LogP contribution in [0.5, 0.6) is 0 Å².